The van der Waals surface area contributed by atoms with Crippen LogP contribution in [-0.4, -0.2) is 50.7 Å². The van der Waals surface area contributed by atoms with Crippen molar-refractivity contribution in [3.8, 4) is 0 Å². The first-order valence-electron chi connectivity index (χ1n) is 8.25. The molecule has 1 N–H and O–H groups in total. The van der Waals surface area contributed by atoms with Gasteiger partial charge in [0.2, 0.25) is 0 Å². The molecule has 1 aliphatic rings. The third kappa shape index (κ3) is 5.01. The van der Waals surface area contributed by atoms with Gasteiger partial charge in [0.25, 0.3) is 0 Å². The van der Waals surface area contributed by atoms with Crippen molar-refractivity contribution in [2.24, 2.45) is 5.41 Å². The molecule has 0 bridgehead atoms. The summed E-state index contributed by atoms with van der Waals surface area (Å²) in [5.74, 6) is 0. The summed E-state index contributed by atoms with van der Waals surface area (Å²) < 4.78 is 0. The number of aryl methyl sites for hydroxylation is 1. The van der Waals surface area contributed by atoms with Crippen LogP contribution < -0.4 is 10.2 Å². The van der Waals surface area contributed by atoms with Crippen molar-refractivity contribution >= 4 is 5.69 Å². The molecule has 21 heavy (non-hydrogen) atoms. The Morgan fingerprint density at radius 3 is 2.48 bits per heavy atom. The number of piperazine rings is 1. The Kier molecular flexibility index (Phi) is 5.65. The standard InChI is InChI=1S/C18H31N3/c1-5-19-14-18(3,4)15-20-9-11-21(12-10-20)17-8-6-7-16(2)13-17/h6-8,13,19H,5,9-12,14-15H2,1-4H3. The zero-order chi connectivity index (χ0) is 15.3. The molecule has 0 aliphatic carbocycles. The van der Waals surface area contributed by atoms with Crippen molar-refractivity contribution in [1.29, 1.82) is 0 Å². The average molecular weight is 289 g/mol. The first-order valence-corrected chi connectivity index (χ1v) is 8.25. The Morgan fingerprint density at radius 2 is 1.86 bits per heavy atom. The average Bonchev–Trinajstić information content (AvgIpc) is 2.46. The lowest BCUT2D eigenvalue weighted by Crippen LogP contribution is -2.50. The second-order valence-electron chi connectivity index (χ2n) is 7.05. The fourth-order valence-corrected chi connectivity index (χ4v) is 3.11. The summed E-state index contributed by atoms with van der Waals surface area (Å²) in [7, 11) is 0. The monoisotopic (exact) mass is 289 g/mol. The molecule has 0 spiro atoms. The van der Waals surface area contributed by atoms with Gasteiger partial charge in [-0.1, -0.05) is 32.9 Å². The normalized spacial score (nSPS) is 17.2. The van der Waals surface area contributed by atoms with E-state index in [4.69, 9.17) is 0 Å². The molecule has 1 aromatic rings. The highest BCUT2D eigenvalue weighted by atomic mass is 15.3. The Bertz CT molecular complexity index is 434. The van der Waals surface area contributed by atoms with Crippen LogP contribution in [0.25, 0.3) is 0 Å². The predicted octanol–water partition coefficient (Wildman–Crippen LogP) is 2.75. The van der Waals surface area contributed by atoms with Crippen molar-refractivity contribution in [2.75, 3.05) is 50.7 Å². The van der Waals surface area contributed by atoms with Crippen molar-refractivity contribution in [3.05, 3.63) is 29.8 Å². The summed E-state index contributed by atoms with van der Waals surface area (Å²) in [6, 6.07) is 8.86. The van der Waals surface area contributed by atoms with Gasteiger partial charge < -0.3 is 10.2 Å². The van der Waals surface area contributed by atoms with E-state index in [2.05, 4.69) is 67.1 Å². The zero-order valence-electron chi connectivity index (χ0n) is 14.2. The Morgan fingerprint density at radius 1 is 1.14 bits per heavy atom. The molecule has 1 heterocycles. The van der Waals surface area contributed by atoms with E-state index < -0.39 is 0 Å². The molecule has 1 aromatic carbocycles. The SMILES string of the molecule is CCNCC(C)(C)CN1CCN(c2cccc(C)c2)CC1. The van der Waals surface area contributed by atoms with E-state index in [9.17, 15) is 0 Å². The van der Waals surface area contributed by atoms with E-state index in [1.165, 1.54) is 30.9 Å². The van der Waals surface area contributed by atoms with Crippen molar-refractivity contribution in [1.82, 2.24) is 10.2 Å². The number of hydrogen-bond acceptors (Lipinski definition) is 3. The van der Waals surface area contributed by atoms with Crippen LogP contribution in [0, 0.1) is 12.3 Å². The van der Waals surface area contributed by atoms with Crippen molar-refractivity contribution in [3.63, 3.8) is 0 Å². The molecule has 1 fully saturated rings. The minimum atomic E-state index is 0.349. The molecule has 2 rings (SSSR count). The predicted molar refractivity (Wildman–Crippen MR) is 92.2 cm³/mol. The molecule has 0 saturated carbocycles. The van der Waals surface area contributed by atoms with Gasteiger partial charge in [0.05, 0.1) is 0 Å². The molecule has 0 aromatic heterocycles. The highest BCUT2D eigenvalue weighted by Crippen LogP contribution is 2.20. The molecule has 3 heteroatoms. The van der Waals surface area contributed by atoms with E-state index in [0.29, 0.717) is 5.41 Å². The first kappa shape index (κ1) is 16.3. The van der Waals surface area contributed by atoms with Gasteiger partial charge in [0, 0.05) is 45.0 Å². The third-order valence-electron chi connectivity index (χ3n) is 4.24. The highest BCUT2D eigenvalue weighted by molar-refractivity contribution is 5.48. The molecule has 3 nitrogen and oxygen atoms in total. The van der Waals surface area contributed by atoms with Gasteiger partial charge in [-0.2, -0.15) is 0 Å². The van der Waals surface area contributed by atoms with Crippen LogP contribution in [0.5, 0.6) is 0 Å². The smallest absolute Gasteiger partial charge is 0.0369 e. The summed E-state index contributed by atoms with van der Waals surface area (Å²) in [5.41, 5.74) is 3.07. The van der Waals surface area contributed by atoms with Gasteiger partial charge in [-0.05, 0) is 36.6 Å². The summed E-state index contributed by atoms with van der Waals surface area (Å²) in [6.45, 7) is 17.0. The van der Waals surface area contributed by atoms with E-state index in [1.54, 1.807) is 0 Å². The topological polar surface area (TPSA) is 18.5 Å². The van der Waals surface area contributed by atoms with Gasteiger partial charge in [-0.25, -0.2) is 0 Å². The highest BCUT2D eigenvalue weighted by Gasteiger charge is 2.24. The fourth-order valence-electron chi connectivity index (χ4n) is 3.11. The largest absolute Gasteiger partial charge is 0.369 e. The molecule has 0 unspecified atom stereocenters. The maximum atomic E-state index is 3.48. The van der Waals surface area contributed by atoms with Crippen LogP contribution >= 0.6 is 0 Å². The number of nitrogens with zero attached hydrogens (tertiary/aromatic N) is 2. The van der Waals surface area contributed by atoms with Crippen LogP contribution in [0.3, 0.4) is 0 Å². The molecule has 118 valence electrons. The van der Waals surface area contributed by atoms with Gasteiger partial charge >= 0.3 is 0 Å². The molecule has 0 amide bonds. The van der Waals surface area contributed by atoms with Crippen molar-refractivity contribution in [2.45, 2.75) is 27.7 Å². The van der Waals surface area contributed by atoms with Gasteiger partial charge in [0.15, 0.2) is 0 Å². The quantitative estimate of drug-likeness (QED) is 0.869. The zero-order valence-corrected chi connectivity index (χ0v) is 14.2. The van der Waals surface area contributed by atoms with Gasteiger partial charge in [0.1, 0.15) is 0 Å². The molecule has 1 saturated heterocycles. The van der Waals surface area contributed by atoms with E-state index in [1.807, 2.05) is 0 Å². The summed E-state index contributed by atoms with van der Waals surface area (Å²) in [5, 5.41) is 3.48. The van der Waals surface area contributed by atoms with Crippen molar-refractivity contribution < 1.29 is 0 Å². The van der Waals surface area contributed by atoms with Crippen LogP contribution in [0.15, 0.2) is 24.3 Å². The maximum Gasteiger partial charge on any atom is 0.0369 e. The van der Waals surface area contributed by atoms with Crippen LogP contribution in [0.4, 0.5) is 5.69 Å². The van der Waals surface area contributed by atoms with Crippen LogP contribution in [0.1, 0.15) is 26.3 Å². The second-order valence-corrected chi connectivity index (χ2v) is 7.05. The van der Waals surface area contributed by atoms with Gasteiger partial charge in [-0.15, -0.1) is 0 Å². The molecular weight excluding hydrogens is 258 g/mol. The number of hydrogen-bond donors (Lipinski definition) is 1. The second kappa shape index (κ2) is 7.28. The minimum absolute atomic E-state index is 0.349. The van der Waals surface area contributed by atoms with Crippen LogP contribution in [-0.2, 0) is 0 Å². The minimum Gasteiger partial charge on any atom is -0.369 e. The first-order chi connectivity index (χ1) is 10.00. The number of benzene rings is 1. The number of anilines is 1. The lowest BCUT2D eigenvalue weighted by molar-refractivity contribution is 0.167. The Labute approximate surface area is 130 Å². The number of nitrogens with one attached hydrogen (secondary N) is 1. The lowest BCUT2D eigenvalue weighted by Gasteiger charge is -2.40. The third-order valence-corrected chi connectivity index (χ3v) is 4.24. The Hall–Kier alpha value is -1.06. The molecular formula is C18H31N3. The molecule has 1 aliphatic heterocycles. The van der Waals surface area contributed by atoms with E-state index in [-0.39, 0.29) is 0 Å². The molecule has 0 radical (unpaired) electrons. The van der Waals surface area contributed by atoms with Gasteiger partial charge in [-0.3, -0.25) is 4.90 Å². The lowest BCUT2D eigenvalue weighted by atomic mass is 9.92. The summed E-state index contributed by atoms with van der Waals surface area (Å²) in [4.78, 5) is 5.13. The van der Waals surface area contributed by atoms with E-state index >= 15 is 0 Å². The maximum absolute atomic E-state index is 3.48. The Balaban J connectivity index is 1.83. The van der Waals surface area contributed by atoms with E-state index in [0.717, 1.165) is 26.2 Å². The van der Waals surface area contributed by atoms with Crippen LogP contribution in [0.2, 0.25) is 0 Å². The summed E-state index contributed by atoms with van der Waals surface area (Å²) in [6.07, 6.45) is 0. The summed E-state index contributed by atoms with van der Waals surface area (Å²) >= 11 is 0. The molecule has 0 atom stereocenters. The fraction of sp³-hybridized carbons (Fsp3) is 0.667. The number of rotatable bonds is 6.